The predicted octanol–water partition coefficient (Wildman–Crippen LogP) is 3.76. The van der Waals surface area contributed by atoms with E-state index in [1.54, 1.807) is 19.2 Å². The number of aromatic nitrogens is 2. The molecule has 23 heavy (non-hydrogen) atoms. The van der Waals surface area contributed by atoms with Crippen molar-refractivity contribution in [3.8, 4) is 0 Å². The molecule has 0 N–H and O–H groups in total. The zero-order valence-electron chi connectivity index (χ0n) is 12.4. The first-order valence-corrected chi connectivity index (χ1v) is 8.58. The van der Waals surface area contributed by atoms with E-state index >= 15 is 0 Å². The topological polar surface area (TPSA) is 78.0 Å². The molecule has 0 bridgehead atoms. The molecule has 2 aromatic heterocycles. The molecule has 0 aliphatic carbocycles. The van der Waals surface area contributed by atoms with Gasteiger partial charge in [0.05, 0.1) is 10.4 Å². The highest BCUT2D eigenvalue weighted by Crippen LogP contribution is 2.35. The van der Waals surface area contributed by atoms with Crippen molar-refractivity contribution in [2.75, 3.05) is 0 Å². The molecule has 0 fully saturated rings. The molecule has 8 heteroatoms. The second kappa shape index (κ2) is 6.13. The Balaban J connectivity index is 1.95. The first-order chi connectivity index (χ1) is 11.0. The summed E-state index contributed by atoms with van der Waals surface area (Å²) in [5.74, 6) is 0. The van der Waals surface area contributed by atoms with Gasteiger partial charge in [0.1, 0.15) is 4.70 Å². The van der Waals surface area contributed by atoms with Gasteiger partial charge < -0.3 is 0 Å². The molecule has 6 nitrogen and oxygen atoms in total. The number of non-ortho nitro benzene ring substituents is 1. The molecule has 0 aliphatic heterocycles. The third-order valence-electron chi connectivity index (χ3n) is 3.48. The standard InChI is InChI=1S/C15H13N3O3S2/c1-9(10-4-3-5-11(8-10)18(20)21)23-15-16-12-6-7-22-13(12)14(19)17(15)2/h3-9H,1-2H3. The van der Waals surface area contributed by atoms with E-state index in [0.29, 0.717) is 15.4 Å². The van der Waals surface area contributed by atoms with E-state index in [2.05, 4.69) is 4.98 Å². The maximum atomic E-state index is 12.3. The van der Waals surface area contributed by atoms with Crippen molar-refractivity contribution in [2.45, 2.75) is 17.3 Å². The number of hydrogen-bond acceptors (Lipinski definition) is 6. The van der Waals surface area contributed by atoms with Crippen LogP contribution in [-0.2, 0) is 7.05 Å². The third kappa shape index (κ3) is 2.99. The highest BCUT2D eigenvalue weighted by Gasteiger charge is 2.16. The Bertz CT molecular complexity index is 949. The second-order valence-corrected chi connectivity index (χ2v) is 7.23. The Morgan fingerprint density at radius 2 is 2.17 bits per heavy atom. The summed E-state index contributed by atoms with van der Waals surface area (Å²) in [5.41, 5.74) is 1.50. The quantitative estimate of drug-likeness (QED) is 0.311. The van der Waals surface area contributed by atoms with Gasteiger partial charge in [0.25, 0.3) is 11.2 Å². The fraction of sp³-hybridized carbons (Fsp3) is 0.200. The number of fused-ring (bicyclic) bond motifs is 1. The summed E-state index contributed by atoms with van der Waals surface area (Å²) in [6.45, 7) is 1.94. The number of nitro groups is 1. The lowest BCUT2D eigenvalue weighted by molar-refractivity contribution is -0.384. The lowest BCUT2D eigenvalue weighted by atomic mass is 10.1. The summed E-state index contributed by atoms with van der Waals surface area (Å²) < 4.78 is 2.16. The van der Waals surface area contributed by atoms with E-state index in [0.717, 1.165) is 5.56 Å². The fourth-order valence-electron chi connectivity index (χ4n) is 2.19. The minimum Gasteiger partial charge on any atom is -0.289 e. The fourth-order valence-corrected chi connectivity index (χ4v) is 3.99. The van der Waals surface area contributed by atoms with Crippen molar-refractivity contribution in [1.29, 1.82) is 0 Å². The van der Waals surface area contributed by atoms with Crippen LogP contribution in [0.25, 0.3) is 10.2 Å². The number of benzene rings is 1. The number of rotatable bonds is 4. The van der Waals surface area contributed by atoms with Crippen molar-refractivity contribution in [3.05, 3.63) is 61.7 Å². The molecule has 0 radical (unpaired) electrons. The second-order valence-electron chi connectivity index (χ2n) is 5.01. The van der Waals surface area contributed by atoms with Crippen LogP contribution in [0.15, 0.2) is 45.7 Å². The van der Waals surface area contributed by atoms with Crippen LogP contribution in [0, 0.1) is 10.1 Å². The Kier molecular flexibility index (Phi) is 4.18. The zero-order chi connectivity index (χ0) is 16.6. The molecule has 118 valence electrons. The summed E-state index contributed by atoms with van der Waals surface area (Å²) in [7, 11) is 1.69. The highest BCUT2D eigenvalue weighted by molar-refractivity contribution is 7.99. The van der Waals surface area contributed by atoms with Crippen molar-refractivity contribution in [3.63, 3.8) is 0 Å². The van der Waals surface area contributed by atoms with E-state index in [1.165, 1.54) is 33.7 Å². The molecule has 1 aromatic carbocycles. The van der Waals surface area contributed by atoms with E-state index in [-0.39, 0.29) is 16.5 Å². The number of thioether (sulfide) groups is 1. The lowest BCUT2D eigenvalue weighted by Crippen LogP contribution is -2.19. The number of hydrogen-bond donors (Lipinski definition) is 0. The monoisotopic (exact) mass is 347 g/mol. The van der Waals surface area contributed by atoms with Crippen LogP contribution in [0.2, 0.25) is 0 Å². The smallest absolute Gasteiger partial charge is 0.271 e. The maximum absolute atomic E-state index is 12.3. The predicted molar refractivity (Wildman–Crippen MR) is 92.2 cm³/mol. The molecule has 3 rings (SSSR count). The molecule has 0 saturated carbocycles. The van der Waals surface area contributed by atoms with Crippen molar-refractivity contribution < 1.29 is 4.92 Å². The molecule has 0 saturated heterocycles. The van der Waals surface area contributed by atoms with Crippen LogP contribution < -0.4 is 5.56 Å². The lowest BCUT2D eigenvalue weighted by Gasteiger charge is -2.13. The SMILES string of the molecule is CC(Sc1nc2ccsc2c(=O)n1C)c1cccc([N+](=O)[O-])c1. The summed E-state index contributed by atoms with van der Waals surface area (Å²) in [6.07, 6.45) is 0. The third-order valence-corrected chi connectivity index (χ3v) is 5.57. The molecule has 0 spiro atoms. The van der Waals surface area contributed by atoms with Crippen LogP contribution in [0.1, 0.15) is 17.7 Å². The van der Waals surface area contributed by atoms with Crippen LogP contribution in [0.5, 0.6) is 0 Å². The van der Waals surface area contributed by atoms with E-state index in [9.17, 15) is 14.9 Å². The molecule has 2 heterocycles. The van der Waals surface area contributed by atoms with E-state index in [1.807, 2.05) is 24.4 Å². The Morgan fingerprint density at radius 1 is 1.39 bits per heavy atom. The number of nitro benzene ring substituents is 1. The minimum absolute atomic E-state index is 0.0603. The van der Waals surface area contributed by atoms with Crippen molar-refractivity contribution in [1.82, 2.24) is 9.55 Å². The first kappa shape index (κ1) is 15.7. The normalized spacial score (nSPS) is 12.4. The van der Waals surface area contributed by atoms with Gasteiger partial charge in [-0.05, 0) is 23.9 Å². The summed E-state index contributed by atoms with van der Waals surface area (Å²) in [5, 5.41) is 13.3. The first-order valence-electron chi connectivity index (χ1n) is 6.82. The van der Waals surface area contributed by atoms with Crippen molar-refractivity contribution >= 4 is 39.0 Å². The summed E-state index contributed by atoms with van der Waals surface area (Å²) >= 11 is 2.79. The summed E-state index contributed by atoms with van der Waals surface area (Å²) in [6, 6.07) is 8.35. The van der Waals surface area contributed by atoms with Crippen LogP contribution >= 0.6 is 23.1 Å². The number of nitrogens with zero attached hydrogens (tertiary/aromatic N) is 3. The van der Waals surface area contributed by atoms with Crippen LogP contribution in [-0.4, -0.2) is 14.5 Å². The van der Waals surface area contributed by atoms with Gasteiger partial charge in [-0.3, -0.25) is 19.5 Å². The van der Waals surface area contributed by atoms with Gasteiger partial charge in [-0.15, -0.1) is 11.3 Å². The van der Waals surface area contributed by atoms with Gasteiger partial charge in [-0.25, -0.2) is 4.98 Å². The van der Waals surface area contributed by atoms with Gasteiger partial charge in [0.2, 0.25) is 0 Å². The molecule has 3 aromatic rings. The molecular formula is C15H13N3O3S2. The van der Waals surface area contributed by atoms with Gasteiger partial charge >= 0.3 is 0 Å². The van der Waals surface area contributed by atoms with E-state index in [4.69, 9.17) is 0 Å². The molecule has 0 aliphatic rings. The Morgan fingerprint density at radius 3 is 2.91 bits per heavy atom. The molecular weight excluding hydrogens is 334 g/mol. The van der Waals surface area contributed by atoms with Crippen LogP contribution in [0.3, 0.4) is 0 Å². The maximum Gasteiger partial charge on any atom is 0.271 e. The largest absolute Gasteiger partial charge is 0.289 e. The Hall–Kier alpha value is -2.19. The number of thiophene rings is 1. The average Bonchev–Trinajstić information content (AvgIpc) is 3.00. The van der Waals surface area contributed by atoms with Gasteiger partial charge in [0.15, 0.2) is 5.16 Å². The average molecular weight is 347 g/mol. The highest BCUT2D eigenvalue weighted by atomic mass is 32.2. The van der Waals surface area contributed by atoms with Gasteiger partial charge in [0, 0.05) is 24.4 Å². The summed E-state index contributed by atoms with van der Waals surface area (Å²) in [4.78, 5) is 27.3. The van der Waals surface area contributed by atoms with E-state index < -0.39 is 4.92 Å². The van der Waals surface area contributed by atoms with Crippen molar-refractivity contribution in [2.24, 2.45) is 7.05 Å². The minimum atomic E-state index is -0.410. The van der Waals surface area contributed by atoms with Crippen LogP contribution in [0.4, 0.5) is 5.69 Å². The molecule has 0 amide bonds. The van der Waals surface area contributed by atoms with Gasteiger partial charge in [-0.1, -0.05) is 23.9 Å². The van der Waals surface area contributed by atoms with Gasteiger partial charge in [-0.2, -0.15) is 0 Å². The molecule has 1 unspecified atom stereocenters. The molecule has 1 atom stereocenters. The Labute approximate surface area is 139 Å². The zero-order valence-corrected chi connectivity index (χ0v) is 14.1.